The molecule has 6 aromatic rings. The van der Waals surface area contributed by atoms with Crippen molar-refractivity contribution in [1.82, 2.24) is 19.4 Å². The lowest BCUT2D eigenvalue weighted by Crippen LogP contribution is -2.34. The number of carbonyl (C=O) groups excluding carboxylic acids is 1. The molecule has 0 atom stereocenters. The Kier molecular flexibility index (Phi) is 10.9. The van der Waals surface area contributed by atoms with Crippen LogP contribution < -0.4 is 25.0 Å². The molecule has 290 valence electrons. The number of nitrogens with one attached hydrogen (secondary N) is 2. The fourth-order valence-electron chi connectivity index (χ4n) is 7.07. The number of para-hydroxylation sites is 1. The Hall–Kier alpha value is -6.09. The molecular weight excluding hydrogens is 741 g/mol. The van der Waals surface area contributed by atoms with Crippen molar-refractivity contribution in [1.29, 1.82) is 0 Å². The van der Waals surface area contributed by atoms with Gasteiger partial charge in [0.1, 0.15) is 44.3 Å². The highest BCUT2D eigenvalue weighted by Gasteiger charge is 2.25. The van der Waals surface area contributed by atoms with Gasteiger partial charge in [0.05, 0.1) is 48.3 Å². The van der Waals surface area contributed by atoms with Crippen molar-refractivity contribution in [3.05, 3.63) is 108 Å². The number of imidazole rings is 1. The van der Waals surface area contributed by atoms with Crippen LogP contribution in [0.3, 0.4) is 0 Å². The average molecular weight is 782 g/mol. The van der Waals surface area contributed by atoms with Crippen LogP contribution in [0.4, 0.5) is 31.8 Å². The molecule has 0 saturated carbocycles. The van der Waals surface area contributed by atoms with Gasteiger partial charge in [-0.05, 0) is 92.3 Å². The van der Waals surface area contributed by atoms with Gasteiger partial charge < -0.3 is 25.0 Å². The molecule has 7 rings (SSSR count). The summed E-state index contributed by atoms with van der Waals surface area (Å²) in [5.41, 5.74) is 5.01. The third-order valence-corrected chi connectivity index (χ3v) is 10.9. The van der Waals surface area contributed by atoms with E-state index in [2.05, 4.69) is 20.5 Å². The van der Waals surface area contributed by atoms with Crippen LogP contribution in [0.1, 0.15) is 35.2 Å². The van der Waals surface area contributed by atoms with E-state index < -0.39 is 33.1 Å². The van der Waals surface area contributed by atoms with Crippen molar-refractivity contribution in [2.75, 3.05) is 54.9 Å². The molecule has 1 aliphatic heterocycles. The summed E-state index contributed by atoms with van der Waals surface area (Å²) in [5.74, 6) is -0.879. The summed E-state index contributed by atoms with van der Waals surface area (Å²) >= 11 is 0. The topological polar surface area (TPSA) is 140 Å². The number of aromatic nitrogens is 4. The van der Waals surface area contributed by atoms with Crippen LogP contribution in [0, 0.1) is 24.5 Å². The van der Waals surface area contributed by atoms with E-state index in [1.807, 2.05) is 47.9 Å². The molecule has 1 saturated heterocycles. The lowest BCUT2D eigenvalue weighted by molar-refractivity contribution is 0.102. The second-order valence-corrected chi connectivity index (χ2v) is 16.0. The number of benzene rings is 3. The minimum atomic E-state index is -2.98. The van der Waals surface area contributed by atoms with E-state index in [1.54, 1.807) is 37.6 Å². The smallest absolute Gasteiger partial charge is 0.259 e. The Labute approximate surface area is 323 Å². The highest BCUT2D eigenvalue weighted by atomic mass is 32.2. The number of hydrogen-bond donors (Lipinski definition) is 2. The SMILES string of the molecule is COc1cc(N2CCC(CCS(C)(=O)=O)CC2)c(C)cc1Nc1nccc(-c2c(-c3ccc(OC)c(C(=O)Nc4c(F)cccc4F)c3)nc3ccccn23)n1. The van der Waals surface area contributed by atoms with Gasteiger partial charge in [-0.1, -0.05) is 12.1 Å². The molecule has 56 heavy (non-hydrogen) atoms. The second kappa shape index (κ2) is 15.9. The van der Waals surface area contributed by atoms with Crippen LogP contribution in [0.5, 0.6) is 11.5 Å². The summed E-state index contributed by atoms with van der Waals surface area (Å²) in [5, 5.41) is 5.67. The van der Waals surface area contributed by atoms with Gasteiger partial charge in [-0.15, -0.1) is 0 Å². The number of methoxy groups -OCH3 is 2. The van der Waals surface area contributed by atoms with E-state index >= 15 is 0 Å². The first-order valence-electron chi connectivity index (χ1n) is 18.0. The Bertz CT molecular complexity index is 2520. The summed E-state index contributed by atoms with van der Waals surface area (Å²) in [4.78, 5) is 30.1. The van der Waals surface area contributed by atoms with Gasteiger partial charge in [-0.25, -0.2) is 32.2 Å². The molecule has 0 bridgehead atoms. The number of amides is 1. The first-order valence-corrected chi connectivity index (χ1v) is 20.1. The van der Waals surface area contributed by atoms with Gasteiger partial charge >= 0.3 is 0 Å². The lowest BCUT2D eigenvalue weighted by atomic mass is 9.93. The molecule has 3 aromatic heterocycles. The van der Waals surface area contributed by atoms with Crippen molar-refractivity contribution in [2.24, 2.45) is 5.92 Å². The number of carbonyl (C=O) groups is 1. The van der Waals surface area contributed by atoms with E-state index in [1.165, 1.54) is 19.4 Å². The monoisotopic (exact) mass is 781 g/mol. The number of sulfone groups is 1. The maximum atomic E-state index is 14.5. The number of aryl methyl sites for hydroxylation is 1. The van der Waals surface area contributed by atoms with E-state index in [-0.39, 0.29) is 17.1 Å². The van der Waals surface area contributed by atoms with E-state index in [0.29, 0.717) is 58.0 Å². The van der Waals surface area contributed by atoms with Crippen LogP contribution >= 0.6 is 0 Å². The number of hydrogen-bond acceptors (Lipinski definition) is 10. The van der Waals surface area contributed by atoms with Gasteiger partial charge in [0.15, 0.2) is 0 Å². The van der Waals surface area contributed by atoms with Crippen LogP contribution in [-0.4, -0.2) is 73.0 Å². The third-order valence-electron chi connectivity index (χ3n) is 9.96. The maximum absolute atomic E-state index is 14.5. The lowest BCUT2D eigenvalue weighted by Gasteiger charge is -2.35. The number of halogens is 2. The van der Waals surface area contributed by atoms with Gasteiger partial charge in [-0.2, -0.15) is 0 Å². The van der Waals surface area contributed by atoms with Gasteiger partial charge in [0.2, 0.25) is 5.95 Å². The van der Waals surface area contributed by atoms with Crippen LogP contribution in [0.15, 0.2) is 85.2 Å². The molecule has 1 aliphatic rings. The number of nitrogens with zero attached hydrogens (tertiary/aromatic N) is 5. The molecule has 0 spiro atoms. The minimum absolute atomic E-state index is 0.0444. The summed E-state index contributed by atoms with van der Waals surface area (Å²) in [6.45, 7) is 3.68. The molecule has 15 heteroatoms. The van der Waals surface area contributed by atoms with Gasteiger partial charge in [-0.3, -0.25) is 9.20 Å². The quantitative estimate of drug-likeness (QED) is 0.127. The first-order chi connectivity index (χ1) is 26.9. The predicted octanol–water partition coefficient (Wildman–Crippen LogP) is 7.71. The molecular formula is C41H41F2N7O5S. The zero-order chi connectivity index (χ0) is 39.6. The third kappa shape index (κ3) is 8.13. The molecule has 4 heterocycles. The zero-order valence-electron chi connectivity index (χ0n) is 31.3. The number of pyridine rings is 1. The fourth-order valence-corrected chi connectivity index (χ4v) is 7.83. The Morgan fingerprint density at radius 2 is 1.68 bits per heavy atom. The molecule has 0 radical (unpaired) electrons. The Balaban J connectivity index is 1.18. The molecule has 0 aliphatic carbocycles. The van der Waals surface area contributed by atoms with Crippen LogP contribution in [-0.2, 0) is 9.84 Å². The van der Waals surface area contributed by atoms with Crippen molar-refractivity contribution >= 4 is 44.4 Å². The summed E-state index contributed by atoms with van der Waals surface area (Å²) < 4.78 is 65.5. The van der Waals surface area contributed by atoms with Crippen molar-refractivity contribution in [3.63, 3.8) is 0 Å². The summed E-state index contributed by atoms with van der Waals surface area (Å²) in [6.07, 6.45) is 7.30. The number of fused-ring (bicyclic) bond motifs is 1. The van der Waals surface area contributed by atoms with Crippen molar-refractivity contribution in [3.8, 4) is 34.1 Å². The van der Waals surface area contributed by atoms with Crippen LogP contribution in [0.2, 0.25) is 0 Å². The number of anilines is 4. The second-order valence-electron chi connectivity index (χ2n) is 13.8. The van der Waals surface area contributed by atoms with Crippen molar-refractivity contribution in [2.45, 2.75) is 26.2 Å². The highest BCUT2D eigenvalue weighted by Crippen LogP contribution is 2.38. The normalized spacial score (nSPS) is 13.5. The highest BCUT2D eigenvalue weighted by molar-refractivity contribution is 7.90. The number of rotatable bonds is 12. The Morgan fingerprint density at radius 1 is 0.929 bits per heavy atom. The van der Waals surface area contributed by atoms with Crippen LogP contribution in [0.25, 0.3) is 28.3 Å². The number of ether oxygens (including phenoxy) is 2. The summed E-state index contributed by atoms with van der Waals surface area (Å²) in [6, 6.07) is 19.6. The Morgan fingerprint density at radius 3 is 2.39 bits per heavy atom. The molecule has 1 amide bonds. The average Bonchev–Trinajstić information content (AvgIpc) is 3.58. The van der Waals surface area contributed by atoms with Gasteiger partial charge in [0.25, 0.3) is 5.91 Å². The molecule has 3 aromatic carbocycles. The molecule has 12 nitrogen and oxygen atoms in total. The maximum Gasteiger partial charge on any atom is 0.259 e. The van der Waals surface area contributed by atoms with Gasteiger partial charge in [0, 0.05) is 49.1 Å². The number of piperidine rings is 1. The largest absolute Gasteiger partial charge is 0.496 e. The molecule has 0 unspecified atom stereocenters. The molecule has 2 N–H and O–H groups in total. The fraction of sp³-hybridized carbons (Fsp3) is 0.268. The van der Waals surface area contributed by atoms with Crippen molar-refractivity contribution < 1.29 is 31.5 Å². The first kappa shape index (κ1) is 38.2. The minimum Gasteiger partial charge on any atom is -0.496 e. The van der Waals surface area contributed by atoms with E-state index in [9.17, 15) is 22.0 Å². The summed E-state index contributed by atoms with van der Waals surface area (Å²) in [7, 11) is 0.0265. The zero-order valence-corrected chi connectivity index (χ0v) is 32.2. The van der Waals surface area contributed by atoms with E-state index in [0.717, 1.165) is 49.3 Å². The van der Waals surface area contributed by atoms with E-state index in [4.69, 9.17) is 19.4 Å². The molecule has 1 fully saturated rings. The standard InChI is InChI=1S/C41H41F2N7O5S/c1-25-22-32(35(55-3)24-33(25)49-19-14-26(15-20-49)16-21-56(4,52)53)46-41-44-17-13-31(45-41)39-37(47-36-10-5-6-18-50(36)39)27-11-12-34(54-2)28(23-27)40(51)48-38-29(42)8-7-9-30(38)43/h5-13,17-18,22-24,26H,14-16,19-21H2,1-4H3,(H,48,51)(H,44,45,46). The predicted molar refractivity (Wildman–Crippen MR) is 213 cm³/mol.